The van der Waals surface area contributed by atoms with Crippen molar-refractivity contribution >= 4 is 0 Å². The average Bonchev–Trinajstić information content (AvgIpc) is 2.82. The maximum Gasteiger partial charge on any atom is 0.122 e. The molecule has 3 N–H and O–H groups in total. The van der Waals surface area contributed by atoms with Gasteiger partial charge in [0, 0.05) is 13.2 Å². The van der Waals surface area contributed by atoms with E-state index in [2.05, 4.69) is 16.6 Å². The Hall–Kier alpha value is -1.85. The molecular weight excluding hydrogens is 240 g/mol. The normalized spacial score (nSPS) is 12.4. The molecule has 1 atom stereocenters. The largest absolute Gasteiger partial charge is 0.496 e. The van der Waals surface area contributed by atoms with E-state index in [-0.39, 0.29) is 6.04 Å². The molecule has 0 fully saturated rings. The number of rotatable bonds is 5. The fourth-order valence-corrected chi connectivity index (χ4v) is 2.14. The maximum absolute atomic E-state index is 5.67. The SMILES string of the molecule is COc1cc(C(Cc2cnn(C)c2)NN)ccc1C. The van der Waals surface area contributed by atoms with Crippen LogP contribution in [0.25, 0.3) is 0 Å². The lowest BCUT2D eigenvalue weighted by atomic mass is 10.00. The highest BCUT2D eigenvalue weighted by molar-refractivity contribution is 5.38. The second kappa shape index (κ2) is 5.86. The van der Waals surface area contributed by atoms with Crippen molar-refractivity contribution < 1.29 is 4.74 Å². The molecule has 5 nitrogen and oxygen atoms in total. The molecule has 1 unspecified atom stereocenters. The summed E-state index contributed by atoms with van der Waals surface area (Å²) in [6.45, 7) is 2.02. The monoisotopic (exact) mass is 260 g/mol. The second-order valence-electron chi connectivity index (χ2n) is 4.67. The van der Waals surface area contributed by atoms with Crippen molar-refractivity contribution in [2.24, 2.45) is 12.9 Å². The topological polar surface area (TPSA) is 65.1 Å². The number of methoxy groups -OCH3 is 1. The molecule has 1 aromatic heterocycles. The quantitative estimate of drug-likeness (QED) is 0.631. The number of nitrogens with zero attached hydrogens (tertiary/aromatic N) is 2. The Labute approximate surface area is 113 Å². The van der Waals surface area contributed by atoms with Crippen LogP contribution >= 0.6 is 0 Å². The highest BCUT2D eigenvalue weighted by Crippen LogP contribution is 2.24. The lowest BCUT2D eigenvalue weighted by Crippen LogP contribution is -2.29. The summed E-state index contributed by atoms with van der Waals surface area (Å²) in [5.74, 6) is 6.55. The van der Waals surface area contributed by atoms with E-state index in [0.717, 1.165) is 28.9 Å². The van der Waals surface area contributed by atoms with Crippen LogP contribution in [0.2, 0.25) is 0 Å². The van der Waals surface area contributed by atoms with Gasteiger partial charge in [-0.3, -0.25) is 16.0 Å². The van der Waals surface area contributed by atoms with E-state index in [0.29, 0.717) is 0 Å². The zero-order valence-corrected chi connectivity index (χ0v) is 11.6. The van der Waals surface area contributed by atoms with Crippen LogP contribution in [0.15, 0.2) is 30.6 Å². The summed E-state index contributed by atoms with van der Waals surface area (Å²) in [5.41, 5.74) is 6.22. The number of hydrogen-bond donors (Lipinski definition) is 2. The maximum atomic E-state index is 5.67. The van der Waals surface area contributed by atoms with E-state index in [9.17, 15) is 0 Å². The Morgan fingerprint density at radius 3 is 2.84 bits per heavy atom. The first kappa shape index (κ1) is 13.6. The molecule has 0 saturated heterocycles. The number of nitrogens with two attached hydrogens (primary N) is 1. The molecule has 19 heavy (non-hydrogen) atoms. The highest BCUT2D eigenvalue weighted by atomic mass is 16.5. The molecule has 2 aromatic rings. The van der Waals surface area contributed by atoms with Gasteiger partial charge in [0.15, 0.2) is 0 Å². The molecule has 2 rings (SSSR count). The van der Waals surface area contributed by atoms with Crippen molar-refractivity contribution in [3.8, 4) is 5.75 Å². The van der Waals surface area contributed by atoms with Gasteiger partial charge in [0.1, 0.15) is 5.75 Å². The molecule has 0 aliphatic heterocycles. The van der Waals surface area contributed by atoms with Gasteiger partial charge in [0.2, 0.25) is 0 Å². The molecular formula is C14H20N4O. The molecule has 0 aliphatic rings. The van der Waals surface area contributed by atoms with Gasteiger partial charge in [-0.2, -0.15) is 5.10 Å². The van der Waals surface area contributed by atoms with Crippen LogP contribution in [-0.4, -0.2) is 16.9 Å². The van der Waals surface area contributed by atoms with Crippen LogP contribution in [0.5, 0.6) is 5.75 Å². The van der Waals surface area contributed by atoms with Crippen LogP contribution in [0.4, 0.5) is 0 Å². The first-order valence-corrected chi connectivity index (χ1v) is 6.22. The van der Waals surface area contributed by atoms with Crippen molar-refractivity contribution in [2.75, 3.05) is 7.11 Å². The van der Waals surface area contributed by atoms with Crippen molar-refractivity contribution in [1.82, 2.24) is 15.2 Å². The minimum atomic E-state index is 0.0405. The number of hydrogen-bond acceptors (Lipinski definition) is 4. The lowest BCUT2D eigenvalue weighted by Gasteiger charge is -2.17. The smallest absolute Gasteiger partial charge is 0.122 e. The Morgan fingerprint density at radius 1 is 1.47 bits per heavy atom. The van der Waals surface area contributed by atoms with Crippen LogP contribution in [0, 0.1) is 6.92 Å². The Morgan fingerprint density at radius 2 is 2.26 bits per heavy atom. The summed E-state index contributed by atoms with van der Waals surface area (Å²) in [7, 11) is 3.58. The molecule has 102 valence electrons. The average molecular weight is 260 g/mol. The van der Waals surface area contributed by atoms with Gasteiger partial charge < -0.3 is 4.74 Å². The minimum absolute atomic E-state index is 0.0405. The van der Waals surface area contributed by atoms with Crippen LogP contribution in [0.3, 0.4) is 0 Å². The summed E-state index contributed by atoms with van der Waals surface area (Å²) in [6.07, 6.45) is 4.64. The highest BCUT2D eigenvalue weighted by Gasteiger charge is 2.13. The zero-order valence-electron chi connectivity index (χ0n) is 11.6. The van der Waals surface area contributed by atoms with E-state index in [4.69, 9.17) is 10.6 Å². The molecule has 0 aliphatic carbocycles. The number of aryl methyl sites for hydroxylation is 2. The summed E-state index contributed by atoms with van der Waals surface area (Å²) >= 11 is 0. The Kier molecular flexibility index (Phi) is 4.19. The molecule has 0 spiro atoms. The predicted octanol–water partition coefficient (Wildman–Crippen LogP) is 1.48. The van der Waals surface area contributed by atoms with E-state index in [1.807, 2.05) is 38.5 Å². The summed E-state index contributed by atoms with van der Waals surface area (Å²) in [5, 5.41) is 4.17. The van der Waals surface area contributed by atoms with Gasteiger partial charge in [-0.05, 0) is 36.1 Å². The number of hydrazine groups is 1. The third-order valence-electron chi connectivity index (χ3n) is 3.23. The van der Waals surface area contributed by atoms with Gasteiger partial charge >= 0.3 is 0 Å². The van der Waals surface area contributed by atoms with Crippen molar-refractivity contribution in [2.45, 2.75) is 19.4 Å². The summed E-state index contributed by atoms with van der Waals surface area (Å²) < 4.78 is 7.14. The Bertz CT molecular complexity index is 550. The molecule has 0 saturated carbocycles. The fourth-order valence-electron chi connectivity index (χ4n) is 2.14. The number of nitrogens with one attached hydrogen (secondary N) is 1. The van der Waals surface area contributed by atoms with Crippen molar-refractivity contribution in [1.29, 1.82) is 0 Å². The first-order valence-electron chi connectivity index (χ1n) is 6.22. The van der Waals surface area contributed by atoms with E-state index < -0.39 is 0 Å². The molecule has 1 aromatic carbocycles. The van der Waals surface area contributed by atoms with Gasteiger partial charge in [-0.25, -0.2) is 0 Å². The number of aromatic nitrogens is 2. The molecule has 1 heterocycles. The molecule has 0 bridgehead atoms. The predicted molar refractivity (Wildman–Crippen MR) is 74.7 cm³/mol. The summed E-state index contributed by atoms with van der Waals surface area (Å²) in [4.78, 5) is 0. The third-order valence-corrected chi connectivity index (χ3v) is 3.23. The van der Waals surface area contributed by atoms with E-state index in [1.54, 1.807) is 11.8 Å². The van der Waals surface area contributed by atoms with Crippen LogP contribution in [-0.2, 0) is 13.5 Å². The number of ether oxygens (including phenoxy) is 1. The third kappa shape index (κ3) is 3.13. The van der Waals surface area contributed by atoms with E-state index in [1.165, 1.54) is 0 Å². The van der Waals surface area contributed by atoms with Gasteiger partial charge in [-0.15, -0.1) is 0 Å². The van der Waals surface area contributed by atoms with Gasteiger partial charge in [-0.1, -0.05) is 12.1 Å². The molecule has 5 heteroatoms. The van der Waals surface area contributed by atoms with Crippen molar-refractivity contribution in [3.63, 3.8) is 0 Å². The van der Waals surface area contributed by atoms with Gasteiger partial charge in [0.25, 0.3) is 0 Å². The Balaban J connectivity index is 2.21. The summed E-state index contributed by atoms with van der Waals surface area (Å²) in [6, 6.07) is 6.18. The molecule has 0 radical (unpaired) electrons. The van der Waals surface area contributed by atoms with Crippen molar-refractivity contribution in [3.05, 3.63) is 47.3 Å². The fraction of sp³-hybridized carbons (Fsp3) is 0.357. The lowest BCUT2D eigenvalue weighted by molar-refractivity contribution is 0.410. The minimum Gasteiger partial charge on any atom is -0.496 e. The number of benzene rings is 1. The molecule has 0 amide bonds. The zero-order chi connectivity index (χ0) is 13.8. The van der Waals surface area contributed by atoms with E-state index >= 15 is 0 Å². The van der Waals surface area contributed by atoms with Crippen LogP contribution in [0.1, 0.15) is 22.7 Å². The standard InChI is InChI=1S/C14H20N4O/c1-10-4-5-12(7-14(10)19-3)13(17-15)6-11-8-16-18(2)9-11/h4-5,7-9,13,17H,6,15H2,1-3H3. The van der Waals surface area contributed by atoms with Crippen LogP contribution < -0.4 is 16.0 Å². The first-order chi connectivity index (χ1) is 9.13. The second-order valence-corrected chi connectivity index (χ2v) is 4.67. The van der Waals surface area contributed by atoms with Gasteiger partial charge in [0.05, 0.1) is 19.3 Å².